The van der Waals surface area contributed by atoms with Gasteiger partial charge in [-0.3, -0.25) is 14.9 Å². The Morgan fingerprint density at radius 3 is 2.51 bits per heavy atom. The fraction of sp³-hybridized carbons (Fsp3) is 0.630. The van der Waals surface area contributed by atoms with Crippen LogP contribution in [0.1, 0.15) is 54.9 Å². The molecule has 5 atom stereocenters. The summed E-state index contributed by atoms with van der Waals surface area (Å²) in [6, 6.07) is -0.782. The van der Waals surface area contributed by atoms with Gasteiger partial charge in [-0.05, 0) is 44.2 Å². The van der Waals surface area contributed by atoms with Crippen molar-refractivity contribution in [3.63, 3.8) is 0 Å². The Morgan fingerprint density at radius 1 is 1.29 bits per heavy atom. The third-order valence-electron chi connectivity index (χ3n) is 7.06. The number of rotatable bonds is 7. The molecule has 0 aromatic rings. The number of allylic oxidation sites excluding steroid dienone is 2. The average molecular weight is 504 g/mol. The molecule has 35 heavy (non-hydrogen) atoms. The number of ether oxygens (including phenoxy) is 1. The van der Waals surface area contributed by atoms with Crippen LogP contribution in [0.3, 0.4) is 0 Å². The second-order valence-electron chi connectivity index (χ2n) is 10.5. The average Bonchev–Trinajstić information content (AvgIpc) is 2.78. The first-order valence-corrected chi connectivity index (χ1v) is 13.9. The van der Waals surface area contributed by atoms with Crippen molar-refractivity contribution in [1.29, 1.82) is 0 Å². The van der Waals surface area contributed by atoms with E-state index in [9.17, 15) is 14.9 Å². The zero-order valence-corrected chi connectivity index (χ0v) is 23.0. The Hall–Kier alpha value is -2.19. The summed E-state index contributed by atoms with van der Waals surface area (Å²) in [5.74, 6) is 1.19. The molecule has 3 aliphatic rings. The van der Waals surface area contributed by atoms with Crippen LogP contribution in [0.2, 0.25) is 0 Å². The highest BCUT2D eigenvalue weighted by Crippen LogP contribution is 2.43. The lowest BCUT2D eigenvalue weighted by Gasteiger charge is -2.40. The number of piperazine rings is 1. The molecule has 0 radical (unpaired) electrons. The lowest BCUT2D eigenvalue weighted by molar-refractivity contribution is -0.515. The van der Waals surface area contributed by atoms with E-state index in [1.165, 1.54) is 0 Å². The van der Waals surface area contributed by atoms with Gasteiger partial charge in [0.05, 0.1) is 4.91 Å². The van der Waals surface area contributed by atoms with E-state index in [-0.39, 0.29) is 22.7 Å². The number of amides is 1. The van der Waals surface area contributed by atoms with Gasteiger partial charge in [-0.1, -0.05) is 56.1 Å². The molecule has 1 saturated heterocycles. The van der Waals surface area contributed by atoms with Crippen LogP contribution in [0.15, 0.2) is 46.6 Å². The van der Waals surface area contributed by atoms with Crippen LogP contribution in [0.25, 0.3) is 0 Å². The molecule has 0 aromatic carbocycles. The van der Waals surface area contributed by atoms with Crippen LogP contribution in [0, 0.1) is 27.9 Å². The van der Waals surface area contributed by atoms with Gasteiger partial charge in [0.25, 0.3) is 0 Å². The molecule has 8 heteroatoms. The van der Waals surface area contributed by atoms with Crippen LogP contribution in [-0.2, 0) is 9.53 Å². The molecule has 1 heterocycles. The maximum Gasteiger partial charge on any atom is 0.238 e. The van der Waals surface area contributed by atoms with Crippen molar-refractivity contribution in [2.24, 2.45) is 17.8 Å². The molecular weight excluding hydrogens is 462 g/mol. The predicted molar refractivity (Wildman–Crippen MR) is 145 cm³/mol. The zero-order valence-electron chi connectivity index (χ0n) is 22.2. The minimum atomic E-state index is -0.782. The Kier molecular flexibility index (Phi) is 8.81. The molecule has 0 bridgehead atoms. The van der Waals surface area contributed by atoms with Crippen molar-refractivity contribution in [3.05, 3.63) is 56.7 Å². The van der Waals surface area contributed by atoms with Gasteiger partial charge in [0.15, 0.2) is 0 Å². The number of carbonyl (C=O) groups is 1. The molecule has 0 aromatic heterocycles. The van der Waals surface area contributed by atoms with E-state index in [2.05, 4.69) is 62.5 Å². The van der Waals surface area contributed by atoms with Crippen LogP contribution in [-0.4, -0.2) is 63.2 Å². The van der Waals surface area contributed by atoms with Crippen molar-refractivity contribution in [1.82, 2.24) is 9.21 Å². The molecule has 7 nitrogen and oxygen atoms in total. The van der Waals surface area contributed by atoms with Crippen molar-refractivity contribution in [2.75, 3.05) is 26.2 Å². The molecule has 5 unspecified atom stereocenters. The second-order valence-corrected chi connectivity index (χ2v) is 12.5. The second kappa shape index (κ2) is 11.2. The largest absolute Gasteiger partial charge is 0.482 e. The van der Waals surface area contributed by atoms with Crippen LogP contribution in [0.4, 0.5) is 0 Å². The third-order valence-corrected chi connectivity index (χ3v) is 9.21. The van der Waals surface area contributed by atoms with E-state index in [4.69, 9.17) is 4.74 Å². The van der Waals surface area contributed by atoms with Gasteiger partial charge in [0.2, 0.25) is 11.9 Å². The SMILES string of the molecule is C/C=S(\C1=CC([N+](=O)[O-])C(C)C=C1OC1(C)C=C(C)C=CC1C)N1CCN(C(=O)CC(C)C)CC1. The van der Waals surface area contributed by atoms with Crippen molar-refractivity contribution >= 4 is 21.9 Å². The van der Waals surface area contributed by atoms with Crippen molar-refractivity contribution < 1.29 is 14.5 Å². The zero-order chi connectivity index (χ0) is 25.9. The highest BCUT2D eigenvalue weighted by atomic mass is 32.2. The third kappa shape index (κ3) is 6.33. The van der Waals surface area contributed by atoms with Gasteiger partial charge >= 0.3 is 0 Å². The minimum Gasteiger partial charge on any atom is -0.482 e. The smallest absolute Gasteiger partial charge is 0.238 e. The quantitative estimate of drug-likeness (QED) is 0.272. The van der Waals surface area contributed by atoms with Gasteiger partial charge in [0.1, 0.15) is 11.4 Å². The van der Waals surface area contributed by atoms with E-state index in [1.54, 1.807) is 0 Å². The monoisotopic (exact) mass is 503 g/mol. The van der Waals surface area contributed by atoms with Gasteiger partial charge in [0, 0.05) is 55.4 Å². The first-order chi connectivity index (χ1) is 16.4. The summed E-state index contributed by atoms with van der Waals surface area (Å²) in [4.78, 5) is 27.0. The first-order valence-electron chi connectivity index (χ1n) is 12.6. The highest BCUT2D eigenvalue weighted by molar-refractivity contribution is 8.16. The molecule has 1 amide bonds. The van der Waals surface area contributed by atoms with E-state index in [0.29, 0.717) is 25.4 Å². The molecule has 0 saturated carbocycles. The van der Waals surface area contributed by atoms with Gasteiger partial charge in [-0.25, -0.2) is 4.31 Å². The van der Waals surface area contributed by atoms with Crippen LogP contribution >= 0.6 is 10.7 Å². The van der Waals surface area contributed by atoms with Crippen LogP contribution < -0.4 is 0 Å². The first kappa shape index (κ1) is 27.4. The molecule has 2 aliphatic carbocycles. The Bertz CT molecular complexity index is 988. The van der Waals surface area contributed by atoms with Gasteiger partial charge in [-0.15, -0.1) is 0 Å². The summed E-state index contributed by atoms with van der Waals surface area (Å²) in [5, 5.41) is 14.0. The van der Waals surface area contributed by atoms with Crippen LogP contribution in [0.5, 0.6) is 0 Å². The summed E-state index contributed by atoms with van der Waals surface area (Å²) in [6.07, 6.45) is 10.7. The molecule has 0 N–H and O–H groups in total. The number of hydrogen-bond donors (Lipinski definition) is 0. The molecule has 1 fully saturated rings. The Morgan fingerprint density at radius 2 is 1.94 bits per heavy atom. The lowest BCUT2D eigenvalue weighted by Crippen LogP contribution is -2.47. The molecule has 1 aliphatic heterocycles. The summed E-state index contributed by atoms with van der Waals surface area (Å²) >= 11 is 0. The predicted octanol–water partition coefficient (Wildman–Crippen LogP) is 5.17. The molecule has 3 rings (SSSR count). The van der Waals surface area contributed by atoms with E-state index < -0.39 is 22.3 Å². The van der Waals surface area contributed by atoms with E-state index >= 15 is 0 Å². The highest BCUT2D eigenvalue weighted by Gasteiger charge is 2.38. The van der Waals surface area contributed by atoms with Crippen molar-refractivity contribution in [2.45, 2.75) is 66.5 Å². The Labute approximate surface area is 212 Å². The fourth-order valence-corrected chi connectivity index (χ4v) is 6.81. The normalized spacial score (nSPS) is 30.6. The Balaban J connectivity index is 1.87. The summed E-state index contributed by atoms with van der Waals surface area (Å²) in [7, 11) is -0.473. The molecule has 194 valence electrons. The molecular formula is C27H41N3O4S. The minimum absolute atomic E-state index is 0.166. The molecule has 0 spiro atoms. The topological polar surface area (TPSA) is 75.9 Å². The summed E-state index contributed by atoms with van der Waals surface area (Å²) in [5.41, 5.74) is 0.613. The number of hydrogen-bond acceptors (Lipinski definition) is 5. The maximum absolute atomic E-state index is 12.6. The van der Waals surface area contributed by atoms with Gasteiger partial charge < -0.3 is 9.64 Å². The lowest BCUT2D eigenvalue weighted by atomic mass is 9.84. The van der Waals surface area contributed by atoms with E-state index in [0.717, 1.165) is 29.3 Å². The number of carbonyl (C=O) groups excluding carboxylic acids is 1. The van der Waals surface area contributed by atoms with Crippen molar-refractivity contribution in [3.8, 4) is 0 Å². The van der Waals surface area contributed by atoms with Gasteiger partial charge in [-0.2, -0.15) is 0 Å². The van der Waals surface area contributed by atoms with E-state index in [1.807, 2.05) is 30.9 Å². The number of nitro groups is 1. The standard InChI is InChI=1S/C27H41N3O4S/c1-8-35(29-13-11-28(12-14-29)26(31)15-19(2)3)25-17-23(30(32)33)21(5)16-24(25)34-27(7)18-20(4)9-10-22(27)6/h8-10,16-19,21-23H,11-15H2,1-7H3. The summed E-state index contributed by atoms with van der Waals surface area (Å²) in [6.45, 7) is 17.1. The fourth-order valence-electron chi connectivity index (χ4n) is 4.82. The number of nitrogens with zero attached hydrogens (tertiary/aromatic N) is 3. The summed E-state index contributed by atoms with van der Waals surface area (Å²) < 4.78 is 9.06. The maximum atomic E-state index is 12.6.